The van der Waals surface area contributed by atoms with Crippen molar-refractivity contribution in [2.45, 2.75) is 93.4 Å². The van der Waals surface area contributed by atoms with E-state index >= 15 is 0 Å². The molecule has 0 N–H and O–H groups in total. The average molecular weight is 445 g/mol. The van der Waals surface area contributed by atoms with Crippen LogP contribution in [-0.4, -0.2) is 0 Å². The van der Waals surface area contributed by atoms with Gasteiger partial charge in [-0.25, -0.2) is 0 Å². The minimum atomic E-state index is 0.285. The molecule has 0 heteroatoms. The van der Waals surface area contributed by atoms with Crippen molar-refractivity contribution >= 4 is 0 Å². The molecule has 0 radical (unpaired) electrons. The van der Waals surface area contributed by atoms with Gasteiger partial charge in [-0.15, -0.1) is 0 Å². The summed E-state index contributed by atoms with van der Waals surface area (Å²) >= 11 is 0. The Bertz CT molecular complexity index is 888. The van der Waals surface area contributed by atoms with E-state index in [-0.39, 0.29) is 5.41 Å². The van der Waals surface area contributed by atoms with Crippen molar-refractivity contribution in [3.63, 3.8) is 0 Å². The Hall–Kier alpha value is -2.34. The third kappa shape index (κ3) is 11.9. The fourth-order valence-electron chi connectivity index (χ4n) is 3.28. The molecule has 0 saturated carbocycles. The highest BCUT2D eigenvalue weighted by atomic mass is 14.2. The molecular formula is C33H48. The zero-order valence-electron chi connectivity index (χ0n) is 23.0. The van der Waals surface area contributed by atoms with Gasteiger partial charge in [0.15, 0.2) is 0 Å². The molecule has 0 fully saturated rings. The lowest BCUT2D eigenvalue weighted by Gasteiger charge is -2.18. The molecule has 0 aliphatic heterocycles. The second kappa shape index (κ2) is 14.0. The van der Waals surface area contributed by atoms with Crippen LogP contribution in [0, 0.1) is 26.7 Å². The van der Waals surface area contributed by atoms with Gasteiger partial charge in [0.25, 0.3) is 0 Å². The van der Waals surface area contributed by atoms with Crippen LogP contribution in [0.25, 0.3) is 0 Å². The number of benzene rings is 3. The van der Waals surface area contributed by atoms with Crippen LogP contribution in [0.4, 0.5) is 0 Å². The summed E-state index contributed by atoms with van der Waals surface area (Å²) in [6.07, 6.45) is 2.49. The van der Waals surface area contributed by atoms with Crippen molar-refractivity contribution in [1.29, 1.82) is 0 Å². The van der Waals surface area contributed by atoms with Gasteiger partial charge in [-0.1, -0.05) is 144 Å². The zero-order chi connectivity index (χ0) is 25.0. The van der Waals surface area contributed by atoms with Gasteiger partial charge in [-0.05, 0) is 61.1 Å². The predicted octanol–water partition coefficient (Wildman–Crippen LogP) is 9.99. The minimum Gasteiger partial charge on any atom is -0.0651 e. The Labute approximate surface area is 205 Å². The first-order chi connectivity index (χ1) is 15.4. The molecule has 0 aliphatic carbocycles. The van der Waals surface area contributed by atoms with Gasteiger partial charge in [0.05, 0.1) is 0 Å². The molecular weight excluding hydrogens is 396 g/mol. The molecule has 180 valence electrons. The largest absolute Gasteiger partial charge is 0.0651 e. The summed E-state index contributed by atoms with van der Waals surface area (Å²) in [5.41, 5.74) is 8.60. The first-order valence-corrected chi connectivity index (χ1v) is 12.6. The third-order valence-electron chi connectivity index (χ3n) is 6.06. The summed E-state index contributed by atoms with van der Waals surface area (Å²) in [5.74, 6) is 1.47. The lowest BCUT2D eigenvalue weighted by atomic mass is 9.87. The summed E-state index contributed by atoms with van der Waals surface area (Å²) < 4.78 is 0. The van der Waals surface area contributed by atoms with Crippen LogP contribution in [0.2, 0.25) is 0 Å². The van der Waals surface area contributed by atoms with Crippen LogP contribution in [0.1, 0.15) is 94.2 Å². The Morgan fingerprint density at radius 3 is 1.36 bits per heavy atom. The molecule has 0 heterocycles. The van der Waals surface area contributed by atoms with Crippen molar-refractivity contribution in [2.24, 2.45) is 5.92 Å². The molecule has 3 rings (SSSR count). The lowest BCUT2D eigenvalue weighted by Crippen LogP contribution is -2.10. The van der Waals surface area contributed by atoms with Gasteiger partial charge in [0.1, 0.15) is 0 Å². The highest BCUT2D eigenvalue weighted by molar-refractivity contribution is 5.26. The van der Waals surface area contributed by atoms with E-state index in [4.69, 9.17) is 0 Å². The van der Waals surface area contributed by atoms with Gasteiger partial charge in [-0.3, -0.25) is 0 Å². The molecule has 0 aliphatic rings. The Morgan fingerprint density at radius 1 is 0.606 bits per heavy atom. The maximum Gasteiger partial charge on any atom is -0.0132 e. The number of hydrogen-bond acceptors (Lipinski definition) is 0. The number of rotatable bonds is 4. The quantitative estimate of drug-likeness (QED) is 0.375. The smallest absolute Gasteiger partial charge is 0.0132 e. The van der Waals surface area contributed by atoms with Crippen molar-refractivity contribution in [3.8, 4) is 0 Å². The minimum absolute atomic E-state index is 0.285. The average Bonchev–Trinajstić information content (AvgIpc) is 2.76. The fourth-order valence-corrected chi connectivity index (χ4v) is 3.28. The normalized spacial score (nSPS) is 11.7. The molecule has 0 amide bonds. The first-order valence-electron chi connectivity index (χ1n) is 12.6. The van der Waals surface area contributed by atoms with E-state index < -0.39 is 0 Å². The van der Waals surface area contributed by atoms with E-state index in [0.29, 0.717) is 5.92 Å². The Kier molecular flexibility index (Phi) is 12.2. The summed E-state index contributed by atoms with van der Waals surface area (Å²) in [6, 6.07) is 26.3. The van der Waals surface area contributed by atoms with Gasteiger partial charge >= 0.3 is 0 Å². The van der Waals surface area contributed by atoms with E-state index in [1.165, 1.54) is 46.2 Å². The van der Waals surface area contributed by atoms with Crippen LogP contribution < -0.4 is 0 Å². The Balaban J connectivity index is 0.000000249. The predicted molar refractivity (Wildman–Crippen MR) is 149 cm³/mol. The SMILES string of the molecule is CCC(C)Cc1ccc(C)cc1.Cc1ccc(C(C)(C)C)cc1.Cc1ccc(C(C)C)cc1. The van der Waals surface area contributed by atoms with Crippen LogP contribution in [0.15, 0.2) is 72.8 Å². The Morgan fingerprint density at radius 2 is 1.00 bits per heavy atom. The third-order valence-corrected chi connectivity index (χ3v) is 6.06. The van der Waals surface area contributed by atoms with Crippen LogP contribution in [0.3, 0.4) is 0 Å². The monoisotopic (exact) mass is 444 g/mol. The lowest BCUT2D eigenvalue weighted by molar-refractivity contribution is 0.560. The van der Waals surface area contributed by atoms with E-state index in [0.717, 1.165) is 5.92 Å². The standard InChI is InChI=1S/C12H18.C11H16.C10H14/c1-4-10(2)9-12-7-5-11(3)6-8-12;1-9-5-7-10(8-6-9)11(2,3)4;1-8(2)10-6-4-9(3)5-7-10/h5-8,10H,4,9H2,1-3H3;5-8H,1-4H3;4-8H,1-3H3. The molecule has 0 bridgehead atoms. The van der Waals surface area contributed by atoms with Crippen molar-refractivity contribution in [3.05, 3.63) is 106 Å². The zero-order valence-corrected chi connectivity index (χ0v) is 23.0. The van der Waals surface area contributed by atoms with Crippen LogP contribution >= 0.6 is 0 Å². The molecule has 1 unspecified atom stereocenters. The summed E-state index contributed by atoms with van der Waals surface area (Å²) in [7, 11) is 0. The fraction of sp³-hybridized carbons (Fsp3) is 0.455. The molecule has 0 aromatic heterocycles. The topological polar surface area (TPSA) is 0 Å². The molecule has 0 nitrogen and oxygen atoms in total. The summed E-state index contributed by atoms with van der Waals surface area (Å²) in [5, 5.41) is 0. The first kappa shape index (κ1) is 28.7. The molecule has 0 spiro atoms. The number of hydrogen-bond donors (Lipinski definition) is 0. The highest BCUT2D eigenvalue weighted by Crippen LogP contribution is 2.21. The number of aryl methyl sites for hydroxylation is 3. The molecule has 33 heavy (non-hydrogen) atoms. The second-order valence-corrected chi connectivity index (χ2v) is 10.9. The van der Waals surface area contributed by atoms with Gasteiger partial charge < -0.3 is 0 Å². The highest BCUT2D eigenvalue weighted by Gasteiger charge is 2.11. The van der Waals surface area contributed by atoms with Crippen molar-refractivity contribution in [2.75, 3.05) is 0 Å². The summed E-state index contributed by atoms with van der Waals surface area (Å²) in [4.78, 5) is 0. The van der Waals surface area contributed by atoms with Gasteiger partial charge in [-0.2, -0.15) is 0 Å². The molecule has 3 aromatic carbocycles. The maximum atomic E-state index is 2.31. The second-order valence-electron chi connectivity index (χ2n) is 10.9. The van der Waals surface area contributed by atoms with Crippen LogP contribution in [-0.2, 0) is 11.8 Å². The molecule has 1 atom stereocenters. The van der Waals surface area contributed by atoms with Crippen molar-refractivity contribution in [1.82, 2.24) is 0 Å². The summed E-state index contributed by atoms with van der Waals surface area (Å²) in [6.45, 7) is 22.0. The maximum absolute atomic E-state index is 2.31. The van der Waals surface area contributed by atoms with E-state index in [9.17, 15) is 0 Å². The van der Waals surface area contributed by atoms with Crippen molar-refractivity contribution < 1.29 is 0 Å². The van der Waals surface area contributed by atoms with Crippen LogP contribution in [0.5, 0.6) is 0 Å². The molecule has 0 saturated heterocycles. The van der Waals surface area contributed by atoms with E-state index in [1.807, 2.05) is 0 Å². The van der Waals surface area contributed by atoms with E-state index in [1.54, 1.807) is 0 Å². The van der Waals surface area contributed by atoms with Gasteiger partial charge in [0, 0.05) is 0 Å². The van der Waals surface area contributed by atoms with E-state index in [2.05, 4.69) is 142 Å². The molecule has 3 aromatic rings. The van der Waals surface area contributed by atoms with Gasteiger partial charge in [0.2, 0.25) is 0 Å².